The van der Waals surface area contributed by atoms with Crippen LogP contribution in [-0.2, 0) is 24.3 Å². The lowest BCUT2D eigenvalue weighted by Gasteiger charge is -2.22. The number of ketones is 1. The monoisotopic (exact) mass is 421 g/mol. The van der Waals surface area contributed by atoms with Crippen molar-refractivity contribution in [3.05, 3.63) is 53.2 Å². The van der Waals surface area contributed by atoms with E-state index in [0.29, 0.717) is 30.4 Å². The van der Waals surface area contributed by atoms with E-state index in [2.05, 4.69) is 46.1 Å². The fraction of sp³-hybridized carbons (Fsp3) is 0.458. The van der Waals surface area contributed by atoms with Crippen LogP contribution in [0.1, 0.15) is 49.3 Å². The molecule has 0 radical (unpaired) electrons. The summed E-state index contributed by atoms with van der Waals surface area (Å²) < 4.78 is 5.70. The first kappa shape index (κ1) is 21.3. The van der Waals surface area contributed by atoms with E-state index in [4.69, 9.17) is 10.5 Å². The maximum absolute atomic E-state index is 12.2. The lowest BCUT2D eigenvalue weighted by Crippen LogP contribution is -2.20. The number of benzene rings is 1. The van der Waals surface area contributed by atoms with Crippen LogP contribution in [0.2, 0.25) is 0 Å². The van der Waals surface area contributed by atoms with Crippen molar-refractivity contribution in [1.82, 2.24) is 14.9 Å². The zero-order valence-electron chi connectivity index (χ0n) is 18.2. The van der Waals surface area contributed by atoms with Crippen molar-refractivity contribution in [1.29, 1.82) is 0 Å². The van der Waals surface area contributed by atoms with E-state index in [1.165, 1.54) is 31.5 Å². The van der Waals surface area contributed by atoms with Gasteiger partial charge in [-0.15, -0.1) is 0 Å². The molecule has 0 unspecified atom stereocenters. The fourth-order valence-electron chi connectivity index (χ4n) is 4.00. The zero-order valence-corrected chi connectivity index (χ0v) is 18.2. The standard InChI is InChI=1S/C24H31N5O2/c1-2-3-14-31-24-26-22(25)21-15-20(30)10-13-29(23(21)27-24)17-19-8-6-18(7-9-19)16-28-11-4-5-12-28/h6-10,13H,2-5,11-12,14-17H2,1H3,(H2,25,26,27). The highest BCUT2D eigenvalue weighted by atomic mass is 16.5. The molecule has 0 amide bonds. The second-order valence-corrected chi connectivity index (χ2v) is 8.28. The second kappa shape index (κ2) is 9.92. The van der Waals surface area contributed by atoms with Crippen LogP contribution in [0.25, 0.3) is 0 Å². The number of nitrogen functional groups attached to an aromatic ring is 1. The summed E-state index contributed by atoms with van der Waals surface area (Å²) in [5, 5.41) is 0. The summed E-state index contributed by atoms with van der Waals surface area (Å²) in [6.07, 6.45) is 8.11. The number of anilines is 2. The van der Waals surface area contributed by atoms with E-state index >= 15 is 0 Å². The van der Waals surface area contributed by atoms with Gasteiger partial charge in [-0.25, -0.2) is 0 Å². The summed E-state index contributed by atoms with van der Waals surface area (Å²) >= 11 is 0. The average Bonchev–Trinajstić information content (AvgIpc) is 3.21. The highest BCUT2D eigenvalue weighted by molar-refractivity contribution is 5.94. The van der Waals surface area contributed by atoms with Crippen molar-refractivity contribution in [3.8, 4) is 6.01 Å². The number of hydrogen-bond donors (Lipinski definition) is 1. The Morgan fingerprint density at radius 1 is 1.06 bits per heavy atom. The van der Waals surface area contributed by atoms with Gasteiger partial charge in [0.1, 0.15) is 11.6 Å². The Hall–Kier alpha value is -2.93. The summed E-state index contributed by atoms with van der Waals surface area (Å²) in [4.78, 5) is 25.6. The molecule has 0 spiro atoms. The Morgan fingerprint density at radius 3 is 2.48 bits per heavy atom. The van der Waals surface area contributed by atoms with Crippen LogP contribution in [-0.4, -0.2) is 40.3 Å². The zero-order chi connectivity index (χ0) is 21.6. The van der Waals surface area contributed by atoms with Crippen LogP contribution in [0.15, 0.2) is 36.5 Å². The number of ether oxygens (including phenoxy) is 1. The highest BCUT2D eigenvalue weighted by Crippen LogP contribution is 2.30. The fourth-order valence-corrected chi connectivity index (χ4v) is 4.00. The normalized spacial score (nSPS) is 16.4. The van der Waals surface area contributed by atoms with Gasteiger partial charge in [0.2, 0.25) is 0 Å². The van der Waals surface area contributed by atoms with Gasteiger partial charge >= 0.3 is 6.01 Å². The first-order valence-corrected chi connectivity index (χ1v) is 11.2. The minimum Gasteiger partial charge on any atom is -0.463 e. The van der Waals surface area contributed by atoms with Gasteiger partial charge in [-0.2, -0.15) is 9.97 Å². The molecule has 2 aliphatic heterocycles. The van der Waals surface area contributed by atoms with Gasteiger partial charge < -0.3 is 15.4 Å². The van der Waals surface area contributed by atoms with Crippen molar-refractivity contribution in [3.63, 3.8) is 0 Å². The number of rotatable bonds is 8. The molecule has 0 bridgehead atoms. The highest BCUT2D eigenvalue weighted by Gasteiger charge is 2.22. The van der Waals surface area contributed by atoms with Gasteiger partial charge in [-0.3, -0.25) is 9.69 Å². The van der Waals surface area contributed by atoms with E-state index in [9.17, 15) is 4.79 Å². The Kier molecular flexibility index (Phi) is 6.82. The van der Waals surface area contributed by atoms with E-state index in [0.717, 1.165) is 24.9 Å². The lowest BCUT2D eigenvalue weighted by molar-refractivity contribution is -0.114. The summed E-state index contributed by atoms with van der Waals surface area (Å²) in [5.41, 5.74) is 9.31. The predicted molar refractivity (Wildman–Crippen MR) is 122 cm³/mol. The Balaban J connectivity index is 1.53. The van der Waals surface area contributed by atoms with Crippen LogP contribution < -0.4 is 15.4 Å². The van der Waals surface area contributed by atoms with E-state index in [1.54, 1.807) is 12.3 Å². The lowest BCUT2D eigenvalue weighted by atomic mass is 10.1. The SMILES string of the molecule is CCCCOc1nc(N)c2c(n1)N(Cc1ccc(CN3CCCC3)cc1)C=CC(=O)C2. The van der Waals surface area contributed by atoms with E-state index < -0.39 is 0 Å². The first-order chi connectivity index (χ1) is 15.1. The molecule has 31 heavy (non-hydrogen) atoms. The van der Waals surface area contributed by atoms with Crippen molar-refractivity contribution in [2.45, 2.75) is 52.1 Å². The van der Waals surface area contributed by atoms with Gasteiger partial charge in [0, 0.05) is 31.3 Å². The van der Waals surface area contributed by atoms with Crippen molar-refractivity contribution in [2.24, 2.45) is 0 Å². The van der Waals surface area contributed by atoms with E-state index in [1.807, 2.05) is 4.90 Å². The number of hydrogen-bond acceptors (Lipinski definition) is 7. The third-order valence-corrected chi connectivity index (χ3v) is 5.77. The molecule has 3 heterocycles. The van der Waals surface area contributed by atoms with Crippen molar-refractivity contribution < 1.29 is 9.53 Å². The summed E-state index contributed by atoms with van der Waals surface area (Å²) in [6.45, 7) is 6.62. The predicted octanol–water partition coefficient (Wildman–Crippen LogP) is 3.48. The number of allylic oxidation sites excluding steroid dienone is 1. The smallest absolute Gasteiger partial charge is 0.320 e. The summed E-state index contributed by atoms with van der Waals surface area (Å²) in [5.74, 6) is 0.932. The maximum Gasteiger partial charge on any atom is 0.320 e. The van der Waals surface area contributed by atoms with Crippen LogP contribution >= 0.6 is 0 Å². The van der Waals surface area contributed by atoms with Crippen LogP contribution in [0.3, 0.4) is 0 Å². The first-order valence-electron chi connectivity index (χ1n) is 11.2. The maximum atomic E-state index is 12.2. The van der Waals surface area contributed by atoms with Gasteiger partial charge in [-0.1, -0.05) is 37.6 Å². The van der Waals surface area contributed by atoms with Gasteiger partial charge in [-0.05, 0) is 49.6 Å². The molecule has 164 valence electrons. The quantitative estimate of drug-likeness (QED) is 0.653. The van der Waals surface area contributed by atoms with E-state index in [-0.39, 0.29) is 18.2 Å². The molecule has 2 aromatic rings. The third-order valence-electron chi connectivity index (χ3n) is 5.77. The minimum absolute atomic E-state index is 0.0142. The summed E-state index contributed by atoms with van der Waals surface area (Å²) in [7, 11) is 0. The molecule has 2 aliphatic rings. The number of aromatic nitrogens is 2. The molecular weight excluding hydrogens is 390 g/mol. The second-order valence-electron chi connectivity index (χ2n) is 8.28. The summed E-state index contributed by atoms with van der Waals surface area (Å²) in [6, 6.07) is 8.94. The molecule has 1 aromatic heterocycles. The topological polar surface area (TPSA) is 84.6 Å². The molecule has 4 rings (SSSR count). The Bertz CT molecular complexity index is 936. The van der Waals surface area contributed by atoms with Crippen LogP contribution in [0, 0.1) is 0 Å². The largest absolute Gasteiger partial charge is 0.463 e. The minimum atomic E-state index is -0.0142. The number of nitrogens with two attached hydrogens (primary N) is 1. The van der Waals surface area contributed by atoms with Gasteiger partial charge in [0.05, 0.1) is 6.61 Å². The molecule has 0 saturated carbocycles. The Morgan fingerprint density at radius 2 is 1.77 bits per heavy atom. The number of carbonyl (C=O) groups is 1. The molecule has 7 heteroatoms. The van der Waals surface area contributed by atoms with Crippen LogP contribution in [0.4, 0.5) is 11.6 Å². The Labute approximate surface area is 183 Å². The third kappa shape index (κ3) is 5.41. The number of unbranched alkanes of at least 4 members (excludes halogenated alkanes) is 1. The molecule has 0 aliphatic carbocycles. The van der Waals surface area contributed by atoms with Crippen molar-refractivity contribution >= 4 is 17.4 Å². The molecule has 1 aromatic carbocycles. The molecule has 0 atom stereocenters. The number of nitrogens with zero attached hydrogens (tertiary/aromatic N) is 4. The van der Waals surface area contributed by atoms with Gasteiger partial charge in [0.15, 0.2) is 5.78 Å². The molecule has 2 N–H and O–H groups in total. The number of fused-ring (bicyclic) bond motifs is 1. The van der Waals surface area contributed by atoms with Gasteiger partial charge in [0.25, 0.3) is 0 Å². The number of carbonyl (C=O) groups excluding carboxylic acids is 1. The molecule has 1 saturated heterocycles. The molecule has 1 fully saturated rings. The number of likely N-dealkylation sites (tertiary alicyclic amines) is 1. The van der Waals surface area contributed by atoms with Crippen LogP contribution in [0.5, 0.6) is 6.01 Å². The van der Waals surface area contributed by atoms with Crippen molar-refractivity contribution in [2.75, 3.05) is 30.3 Å². The average molecular weight is 422 g/mol. The molecule has 7 nitrogen and oxygen atoms in total. The molecular formula is C24H31N5O2.